The van der Waals surface area contributed by atoms with Gasteiger partial charge in [0.15, 0.2) is 5.56 Å². The van der Waals surface area contributed by atoms with Crippen LogP contribution in [0.3, 0.4) is 0 Å². The molecule has 13 heavy (non-hydrogen) atoms. The predicted molar refractivity (Wildman–Crippen MR) is 53.3 cm³/mol. The summed E-state index contributed by atoms with van der Waals surface area (Å²) in [5.74, 6) is 0.569. The van der Waals surface area contributed by atoms with Gasteiger partial charge in [-0.05, 0) is 30.7 Å². The Hall–Kier alpha value is -0.440. The van der Waals surface area contributed by atoms with Gasteiger partial charge in [-0.1, -0.05) is 23.2 Å². The molecule has 0 fully saturated rings. The Morgan fingerprint density at radius 2 is 2.15 bits per heavy atom. The zero-order chi connectivity index (χ0) is 9.84. The Bertz CT molecular complexity index is 287. The fourth-order valence-electron chi connectivity index (χ4n) is 0.968. The summed E-state index contributed by atoms with van der Waals surface area (Å²) >= 11 is 11.4. The van der Waals surface area contributed by atoms with Crippen LogP contribution >= 0.6 is 23.2 Å². The molecule has 0 aliphatic rings. The number of benzene rings is 1. The van der Waals surface area contributed by atoms with Crippen LogP contribution in [0.25, 0.3) is 0 Å². The maximum atomic E-state index is 8.87. The molecular weight excluding hydrogens is 211 g/mol. The average Bonchev–Trinajstić information content (AvgIpc) is 2.01. The van der Waals surface area contributed by atoms with Crippen LogP contribution in [-0.2, 0) is 6.61 Å². The van der Waals surface area contributed by atoms with E-state index in [4.69, 9.17) is 33.0 Å². The molecule has 0 aliphatic carbocycles. The molecule has 0 saturated carbocycles. The van der Waals surface area contributed by atoms with Gasteiger partial charge in [0, 0.05) is 5.02 Å². The number of ether oxygens (including phenoxy) is 1. The molecule has 1 atom stereocenters. The number of rotatable bonds is 3. The summed E-state index contributed by atoms with van der Waals surface area (Å²) in [5, 5.41) is 9.40. The first kappa shape index (κ1) is 10.6. The van der Waals surface area contributed by atoms with Crippen molar-refractivity contribution in [3.63, 3.8) is 0 Å². The predicted octanol–water partition coefficient (Wildman–Crippen LogP) is 2.80. The highest BCUT2D eigenvalue weighted by Crippen LogP contribution is 2.22. The molecule has 0 radical (unpaired) electrons. The van der Waals surface area contributed by atoms with Crippen LogP contribution in [0, 0.1) is 0 Å². The van der Waals surface area contributed by atoms with Gasteiger partial charge >= 0.3 is 0 Å². The number of hydrogen-bond acceptors (Lipinski definition) is 2. The quantitative estimate of drug-likeness (QED) is 0.795. The number of hydrogen-bond donors (Lipinski definition) is 1. The summed E-state index contributed by atoms with van der Waals surface area (Å²) in [6.07, 6.45) is 0. The van der Waals surface area contributed by atoms with Crippen molar-refractivity contribution in [3.05, 3.63) is 28.8 Å². The lowest BCUT2D eigenvalue weighted by atomic mass is 10.2. The number of aliphatic hydroxyl groups is 1. The second-order valence-electron chi connectivity index (χ2n) is 2.61. The van der Waals surface area contributed by atoms with Crippen LogP contribution in [0.5, 0.6) is 5.75 Å². The molecule has 2 nitrogen and oxygen atoms in total. The second kappa shape index (κ2) is 4.70. The lowest BCUT2D eigenvalue weighted by Gasteiger charge is -2.09. The van der Waals surface area contributed by atoms with E-state index in [1.54, 1.807) is 25.1 Å². The maximum absolute atomic E-state index is 8.87. The Balaban J connectivity index is 2.88. The van der Waals surface area contributed by atoms with Crippen LogP contribution in [0.1, 0.15) is 12.5 Å². The standard InChI is InChI=1S/C9H10Cl2O2/c1-6(10)13-9-3-7(5-12)2-8(11)4-9/h2-4,6,12H,5H2,1H3. The minimum atomic E-state index is -0.412. The normalized spacial score (nSPS) is 12.6. The number of aliphatic hydroxyl groups excluding tert-OH is 1. The third kappa shape index (κ3) is 3.43. The first-order chi connectivity index (χ1) is 6.11. The molecule has 4 heteroatoms. The second-order valence-corrected chi connectivity index (χ2v) is 3.67. The first-order valence-electron chi connectivity index (χ1n) is 3.83. The topological polar surface area (TPSA) is 29.5 Å². The summed E-state index contributed by atoms with van der Waals surface area (Å²) in [7, 11) is 0. The molecule has 0 bridgehead atoms. The molecule has 0 amide bonds. The highest BCUT2D eigenvalue weighted by atomic mass is 35.5. The van der Waals surface area contributed by atoms with Crippen LogP contribution in [0.2, 0.25) is 5.02 Å². The van der Waals surface area contributed by atoms with Gasteiger partial charge in [-0.15, -0.1) is 0 Å². The van der Waals surface area contributed by atoms with Crippen molar-refractivity contribution in [2.75, 3.05) is 0 Å². The largest absolute Gasteiger partial charge is 0.475 e. The SMILES string of the molecule is CC(Cl)Oc1cc(Cl)cc(CO)c1. The molecule has 1 aromatic carbocycles. The van der Waals surface area contributed by atoms with E-state index < -0.39 is 5.56 Å². The van der Waals surface area contributed by atoms with Crippen LogP contribution in [-0.4, -0.2) is 10.7 Å². The highest BCUT2D eigenvalue weighted by molar-refractivity contribution is 6.30. The molecule has 0 heterocycles. The Kier molecular flexibility index (Phi) is 3.85. The monoisotopic (exact) mass is 220 g/mol. The maximum Gasteiger partial charge on any atom is 0.169 e. The van der Waals surface area contributed by atoms with Gasteiger partial charge in [0.2, 0.25) is 0 Å². The molecular formula is C9H10Cl2O2. The summed E-state index contributed by atoms with van der Waals surface area (Å²) in [6, 6.07) is 5.03. The summed E-state index contributed by atoms with van der Waals surface area (Å²) in [6.45, 7) is 1.65. The van der Waals surface area contributed by atoms with Crippen LogP contribution < -0.4 is 4.74 Å². The Morgan fingerprint density at radius 1 is 1.46 bits per heavy atom. The van der Waals surface area contributed by atoms with Gasteiger partial charge in [-0.2, -0.15) is 0 Å². The van der Waals surface area contributed by atoms with Gasteiger partial charge in [-0.3, -0.25) is 0 Å². The van der Waals surface area contributed by atoms with Crippen molar-refractivity contribution in [3.8, 4) is 5.75 Å². The third-order valence-electron chi connectivity index (χ3n) is 1.41. The molecule has 1 aromatic rings. The van der Waals surface area contributed by atoms with Gasteiger partial charge in [0.25, 0.3) is 0 Å². The minimum absolute atomic E-state index is 0.0619. The molecule has 0 saturated heterocycles. The minimum Gasteiger partial charge on any atom is -0.475 e. The highest BCUT2D eigenvalue weighted by Gasteiger charge is 2.02. The molecule has 1 unspecified atom stereocenters. The Morgan fingerprint density at radius 3 is 2.69 bits per heavy atom. The molecule has 1 N–H and O–H groups in total. The van der Waals surface area contributed by atoms with E-state index in [0.29, 0.717) is 16.3 Å². The molecule has 0 aromatic heterocycles. The lowest BCUT2D eigenvalue weighted by Crippen LogP contribution is -2.02. The number of halogens is 2. The lowest BCUT2D eigenvalue weighted by molar-refractivity contribution is 0.277. The van der Waals surface area contributed by atoms with Gasteiger partial charge in [-0.25, -0.2) is 0 Å². The van der Waals surface area contributed by atoms with Gasteiger partial charge in [0.1, 0.15) is 5.75 Å². The van der Waals surface area contributed by atoms with Crippen molar-refractivity contribution < 1.29 is 9.84 Å². The average molecular weight is 221 g/mol. The summed E-state index contributed by atoms with van der Waals surface area (Å²) in [5.41, 5.74) is 0.296. The van der Waals surface area contributed by atoms with E-state index >= 15 is 0 Å². The fourth-order valence-corrected chi connectivity index (χ4v) is 1.32. The summed E-state index contributed by atoms with van der Waals surface area (Å²) in [4.78, 5) is 0. The zero-order valence-corrected chi connectivity index (χ0v) is 8.64. The van der Waals surface area contributed by atoms with Crippen LogP contribution in [0.15, 0.2) is 18.2 Å². The van der Waals surface area contributed by atoms with E-state index in [2.05, 4.69) is 0 Å². The molecule has 72 valence electrons. The smallest absolute Gasteiger partial charge is 0.169 e. The zero-order valence-electron chi connectivity index (χ0n) is 7.13. The van der Waals surface area contributed by atoms with E-state index in [0.717, 1.165) is 0 Å². The van der Waals surface area contributed by atoms with Crippen molar-refractivity contribution in [2.24, 2.45) is 0 Å². The van der Waals surface area contributed by atoms with Crippen molar-refractivity contribution >= 4 is 23.2 Å². The van der Waals surface area contributed by atoms with E-state index in [9.17, 15) is 0 Å². The third-order valence-corrected chi connectivity index (χ3v) is 1.72. The molecule has 1 rings (SSSR count). The van der Waals surface area contributed by atoms with Crippen molar-refractivity contribution in [1.29, 1.82) is 0 Å². The summed E-state index contributed by atoms with van der Waals surface area (Å²) < 4.78 is 5.21. The fraction of sp³-hybridized carbons (Fsp3) is 0.333. The first-order valence-corrected chi connectivity index (χ1v) is 4.64. The van der Waals surface area contributed by atoms with Gasteiger partial charge in [0.05, 0.1) is 6.61 Å². The number of alkyl halides is 1. The van der Waals surface area contributed by atoms with Crippen molar-refractivity contribution in [1.82, 2.24) is 0 Å². The van der Waals surface area contributed by atoms with E-state index in [1.165, 1.54) is 0 Å². The molecule has 0 aliphatic heterocycles. The van der Waals surface area contributed by atoms with Crippen molar-refractivity contribution in [2.45, 2.75) is 19.1 Å². The van der Waals surface area contributed by atoms with Crippen LogP contribution in [0.4, 0.5) is 0 Å². The van der Waals surface area contributed by atoms with E-state index in [-0.39, 0.29) is 6.61 Å². The Labute approximate surface area is 87.0 Å². The molecule has 0 spiro atoms. The van der Waals surface area contributed by atoms with Gasteiger partial charge < -0.3 is 9.84 Å². The van der Waals surface area contributed by atoms with E-state index in [1.807, 2.05) is 0 Å².